The normalized spacial score (nSPS) is 16.8. The van der Waals surface area contributed by atoms with E-state index in [4.69, 9.17) is 0 Å². The van der Waals surface area contributed by atoms with Crippen molar-refractivity contribution in [2.24, 2.45) is 0 Å². The van der Waals surface area contributed by atoms with Gasteiger partial charge in [-0.15, -0.1) is 0 Å². The van der Waals surface area contributed by atoms with Gasteiger partial charge in [0.15, 0.2) is 27.9 Å². The molecule has 5 aromatic carbocycles. The molecule has 0 amide bonds. The second kappa shape index (κ2) is 50.0. The van der Waals surface area contributed by atoms with Crippen molar-refractivity contribution in [1.82, 2.24) is 104 Å². The minimum Gasteiger partial charge on any atom is -0.619 e. The van der Waals surface area contributed by atoms with Gasteiger partial charge in [0.2, 0.25) is 14.0 Å². The summed E-state index contributed by atoms with van der Waals surface area (Å²) >= 11 is 0. The largest absolute Gasteiger partial charge is 2.00 e. The van der Waals surface area contributed by atoms with Crippen LogP contribution in [0.4, 0.5) is 52.0 Å². The summed E-state index contributed by atoms with van der Waals surface area (Å²) in [5.41, 5.74) is 8.02. The summed E-state index contributed by atoms with van der Waals surface area (Å²) < 4.78 is 14.1. The summed E-state index contributed by atoms with van der Waals surface area (Å²) in [5.74, 6) is 5.32. The van der Waals surface area contributed by atoms with Gasteiger partial charge >= 0.3 is 130 Å². The first-order valence-electron chi connectivity index (χ1n) is 41.2. The minimum atomic E-state index is -0.0203. The zero-order valence-electron chi connectivity index (χ0n) is 75.9. The van der Waals surface area contributed by atoms with E-state index in [-0.39, 0.29) is 170 Å². The number of benzene rings is 5. The van der Waals surface area contributed by atoms with Gasteiger partial charge in [0.1, 0.15) is 0 Å². The van der Waals surface area contributed by atoms with Gasteiger partial charge in [-0.05, 0) is 157 Å². The summed E-state index contributed by atoms with van der Waals surface area (Å²) in [6.45, 7) is 48.4. The van der Waals surface area contributed by atoms with Crippen LogP contribution >= 0.6 is 0 Å². The topological polar surface area (TPSA) is 220 Å². The van der Waals surface area contributed by atoms with Gasteiger partial charge in [0, 0.05) is 42.4 Å². The molecule has 17 rings (SSSR count). The van der Waals surface area contributed by atoms with Crippen LogP contribution in [0.2, 0.25) is 68.2 Å². The predicted molar refractivity (Wildman–Crippen MR) is 506 cm³/mol. The summed E-state index contributed by atoms with van der Waals surface area (Å²) in [7, 11) is 16.8. The molecule has 0 saturated carbocycles. The fourth-order valence-electron chi connectivity index (χ4n) is 16.1. The summed E-state index contributed by atoms with van der Waals surface area (Å²) in [6, 6.07) is 62.3. The number of rotatable bonds is 11. The Morgan fingerprint density at radius 3 is 0.992 bits per heavy atom. The van der Waals surface area contributed by atoms with Crippen LogP contribution in [0.5, 0.6) is 0 Å². The Labute approximate surface area is 837 Å². The van der Waals surface area contributed by atoms with Crippen molar-refractivity contribution in [2.75, 3.05) is 99.6 Å². The van der Waals surface area contributed by atoms with E-state index in [1.54, 1.807) is 31.0 Å². The summed E-state index contributed by atoms with van der Waals surface area (Å²) in [5, 5.41) is 49.1. The average Bonchev–Trinajstić information content (AvgIpc) is 1.07. The number of nitrogens with zero attached hydrogens (tertiary/aromatic N) is 30. The first-order chi connectivity index (χ1) is 57.5. The van der Waals surface area contributed by atoms with Crippen molar-refractivity contribution in [3.05, 3.63) is 264 Å². The number of aryl methyl sites for hydroxylation is 2. The van der Waals surface area contributed by atoms with Crippen molar-refractivity contribution in [1.29, 1.82) is 0 Å². The number of anilines is 9. The Hall–Kier alpha value is -6.05. The fourth-order valence-corrected chi connectivity index (χ4v) is 16.1. The number of aromatic nitrogens is 12. The number of hydrogen-bond donors (Lipinski definition) is 0. The second-order valence-electron chi connectivity index (χ2n) is 32.4. The third-order valence-electron chi connectivity index (χ3n) is 23.8. The molecule has 126 heavy (non-hydrogen) atoms. The van der Waals surface area contributed by atoms with Gasteiger partial charge in [-0.1, -0.05) is 252 Å². The van der Waals surface area contributed by atoms with Gasteiger partial charge in [0.05, 0.1) is 0 Å². The molecule has 6 aromatic heterocycles. The van der Waals surface area contributed by atoms with Crippen LogP contribution in [0.3, 0.4) is 0 Å². The molecule has 0 unspecified atom stereocenters. The molecule has 0 spiro atoms. The molecule has 0 aliphatic carbocycles. The summed E-state index contributed by atoms with van der Waals surface area (Å²) in [6.07, 6.45) is 8.71. The van der Waals surface area contributed by atoms with E-state index in [0.29, 0.717) is 41.9 Å². The Morgan fingerprint density at radius 1 is 0.294 bits per heavy atom. The van der Waals surface area contributed by atoms with E-state index < -0.39 is 0 Å². The van der Waals surface area contributed by atoms with Crippen molar-refractivity contribution >= 4 is 147 Å². The smallest absolute Gasteiger partial charge is 0.619 e. The molecule has 12 heterocycles. The third-order valence-corrected chi connectivity index (χ3v) is 23.8. The zero-order chi connectivity index (χ0) is 85.8. The molecule has 30 nitrogen and oxygen atoms in total. The van der Waals surface area contributed by atoms with Gasteiger partial charge in [-0.3, -0.25) is 70.6 Å². The molecular weight excluding hydrogens is 2130 g/mol. The first kappa shape index (κ1) is 109. The van der Waals surface area contributed by atoms with E-state index in [0.717, 1.165) is 51.9 Å². The van der Waals surface area contributed by atoms with Crippen LogP contribution in [0.1, 0.15) is 32.0 Å². The summed E-state index contributed by atoms with van der Waals surface area (Å²) in [4.78, 5) is 26.2. The van der Waals surface area contributed by atoms with Crippen molar-refractivity contribution in [2.45, 2.75) is 108 Å². The Kier molecular flexibility index (Phi) is 43.1. The average molecular weight is 2240 g/mol. The molecule has 6 saturated heterocycles. The maximum Gasteiger partial charge on any atom is 2.00 e. The van der Waals surface area contributed by atoms with E-state index >= 15 is 0 Å². The molecule has 0 N–H and O–H groups in total. The Balaban J connectivity index is 0.000000235. The van der Waals surface area contributed by atoms with Crippen molar-refractivity contribution in [3.8, 4) is 0 Å². The monoisotopic (exact) mass is 2230 g/mol. The van der Waals surface area contributed by atoms with Crippen LogP contribution in [-0.4, -0.2) is 219 Å². The van der Waals surface area contributed by atoms with Crippen LogP contribution in [-0.2, 0) is 123 Å². The molecule has 0 atom stereocenters. The molecule has 48 heteroatoms. The molecule has 0 bridgehead atoms. The van der Waals surface area contributed by atoms with Crippen LogP contribution in [0.25, 0.3) is 0 Å². The predicted octanol–water partition coefficient (Wildman–Crippen LogP) is 7.52. The van der Waals surface area contributed by atoms with Crippen molar-refractivity contribution in [3.63, 3.8) is 0 Å². The molecule has 6 aliphatic rings. The molecule has 0 radical (unpaired) electrons. The van der Waals surface area contributed by atoms with E-state index in [1.807, 2.05) is 68.4 Å². The van der Waals surface area contributed by atoms with E-state index in [2.05, 4.69) is 460 Å². The Bertz CT molecular complexity index is 4810. The SMILES string of the molecule is CB1N(C)[CH-]N(c2[n-]ncc2C)B(C)N1C.CB1N(C)[CH-]N(c2cc(C)n[n-]2)B(C)N1C.CB1N(C)[CH-]N(c2ccn[n-]2)B(C)N1C.CB1N(C)[CH-]N(c2ccn[n-]2)B(C)N1c1ccccc1.CB1N(c2ccccc2)[CH-]N(c2ccn[n-]2)B(C)N1C(C)(C)C.CN1B(c2ccccc2)N(c2ccccc2)[CH-]N(c2ccn[n-]2)B1c1ccccc1.[Pd+2].[Pd+2].[Pd+2].[Pd+2].[Pd+2].[Pd+2]. The van der Waals surface area contributed by atoms with Crippen LogP contribution in [0.15, 0.2) is 213 Å². The van der Waals surface area contributed by atoms with Crippen LogP contribution in [0, 0.1) is 53.9 Å². The Morgan fingerprint density at radius 2 is 0.619 bits per heavy atom. The third kappa shape index (κ3) is 25.6. The zero-order valence-corrected chi connectivity index (χ0v) is 85.2. The quantitative estimate of drug-likeness (QED) is 0.0903. The molecule has 6 aliphatic heterocycles. The van der Waals surface area contributed by atoms with Gasteiger partial charge in [-0.2, -0.15) is 0 Å². The first-order valence-corrected chi connectivity index (χ1v) is 41.2. The molecule has 6 fully saturated rings. The van der Waals surface area contributed by atoms with Crippen molar-refractivity contribution < 1.29 is 123 Å². The van der Waals surface area contributed by atoms with Gasteiger partial charge in [0.25, 0.3) is 34.9 Å². The van der Waals surface area contributed by atoms with E-state index in [1.165, 1.54) is 22.3 Å². The number of hydrogen-bond acceptors (Lipinski definition) is 24. The number of para-hydroxylation sites is 3. The van der Waals surface area contributed by atoms with E-state index in [9.17, 15) is 0 Å². The second-order valence-corrected chi connectivity index (χ2v) is 32.4. The minimum absolute atomic E-state index is 0. The molecule has 11 aromatic rings. The molecule has 668 valence electrons. The fraction of sp³-hybridized carbons (Fsp3) is 0.308. The molecular formula is C78H110B12N30Pd6. The standard InChI is InChI=1S/C23H21B2N5.C16H23B2N5.C13H17B2N5.2C9H17B2N5.C8H15B2N5.6Pd/c1-28-24(20-11-5-2-6-12-20)29(22-15-9-4-10-16-22)19-30(23-17-18-26-27-23)25(28)21-13-7-3-8-14-21;1-16(2,3)23-17(4)21(14-9-7-6-8-10-14)13-22(18(23)5)15-11-12-19-20-15;1-14-18(3)11-19(13-9-10-16-17-13)15(2)20(14)12-7-5-4-6-8-12;1-8-6-12-13-9(8)16-7-14(4)10(2)15(5)11(16)3;1-8-6-9(13-12-8)16-7-14(4)10(2)15(5)11(16)3;1-9-13(3)7-15(10(2)14(9)4)8-5-6-11-12-8;;;;;;/h2-19H,1H3;6-13H,1-5H3;4-11H,1-3H3;2*6-7H,1-5H3;5-7H,1-4H3;;;;;;/q6*-2;6*+2. The van der Waals surface area contributed by atoms with Gasteiger partial charge < -0.3 is 117 Å². The van der Waals surface area contributed by atoms with Crippen LogP contribution < -0.4 is 84.7 Å². The van der Waals surface area contributed by atoms with Gasteiger partial charge in [-0.25, -0.2) is 0 Å². The maximum atomic E-state index is 4.37. The maximum absolute atomic E-state index is 4.37.